The van der Waals surface area contributed by atoms with E-state index in [9.17, 15) is 0 Å². The summed E-state index contributed by atoms with van der Waals surface area (Å²) < 4.78 is 8.08. The van der Waals surface area contributed by atoms with Gasteiger partial charge in [0.05, 0.1) is 11.7 Å². The Hall–Kier alpha value is -0.930. The van der Waals surface area contributed by atoms with Crippen molar-refractivity contribution in [1.29, 1.82) is 0 Å². The molecular formula is C9H7ClN2S. The molecule has 2 rings (SSSR count). The monoisotopic (exact) mass is 210 g/mol. The zero-order chi connectivity index (χ0) is 9.26. The van der Waals surface area contributed by atoms with Gasteiger partial charge in [0.2, 0.25) is 0 Å². The van der Waals surface area contributed by atoms with Gasteiger partial charge in [0, 0.05) is 5.56 Å². The van der Waals surface area contributed by atoms with Gasteiger partial charge in [-0.25, -0.2) is 0 Å². The number of rotatable bonds is 1. The highest BCUT2D eigenvalue weighted by atomic mass is 35.5. The van der Waals surface area contributed by atoms with Gasteiger partial charge in [0.25, 0.3) is 0 Å². The third-order valence-corrected chi connectivity index (χ3v) is 2.74. The molecule has 1 aromatic heterocycles. The lowest BCUT2D eigenvalue weighted by molar-refractivity contribution is 1.41. The molecule has 0 aliphatic carbocycles. The highest BCUT2D eigenvalue weighted by molar-refractivity contribution is 6.99. The van der Waals surface area contributed by atoms with Crippen LogP contribution in [0.15, 0.2) is 24.3 Å². The molecule has 1 heterocycles. The summed E-state index contributed by atoms with van der Waals surface area (Å²) in [4.78, 5) is 0. The van der Waals surface area contributed by atoms with Crippen LogP contribution in [0.4, 0.5) is 0 Å². The summed E-state index contributed by atoms with van der Waals surface area (Å²) in [6, 6.07) is 7.99. The van der Waals surface area contributed by atoms with Gasteiger partial charge >= 0.3 is 0 Å². The summed E-state index contributed by atoms with van der Waals surface area (Å²) in [6.45, 7) is 2.03. The van der Waals surface area contributed by atoms with E-state index in [1.807, 2.05) is 31.2 Å². The average molecular weight is 211 g/mol. The number of aromatic nitrogens is 2. The Bertz CT molecular complexity index is 425. The van der Waals surface area contributed by atoms with Crippen LogP contribution in [0.5, 0.6) is 0 Å². The molecule has 0 aliphatic rings. The molecule has 0 saturated carbocycles. The van der Waals surface area contributed by atoms with Crippen LogP contribution in [-0.2, 0) is 0 Å². The van der Waals surface area contributed by atoms with Crippen LogP contribution in [0.25, 0.3) is 11.3 Å². The molecular weight excluding hydrogens is 204 g/mol. The number of benzene rings is 1. The first kappa shape index (κ1) is 8.66. The van der Waals surface area contributed by atoms with Gasteiger partial charge in [0.1, 0.15) is 5.69 Å². The van der Waals surface area contributed by atoms with E-state index >= 15 is 0 Å². The molecule has 0 N–H and O–H groups in total. The molecule has 0 radical (unpaired) electrons. The van der Waals surface area contributed by atoms with E-state index in [0.717, 1.165) is 28.5 Å². The quantitative estimate of drug-likeness (QED) is 0.723. The molecule has 2 nitrogen and oxygen atoms in total. The molecule has 2 aromatic rings. The molecule has 0 unspecified atom stereocenters. The van der Waals surface area contributed by atoms with Crippen LogP contribution in [0.1, 0.15) is 5.56 Å². The lowest BCUT2D eigenvalue weighted by Crippen LogP contribution is -1.82. The number of hydrogen-bond donors (Lipinski definition) is 0. The van der Waals surface area contributed by atoms with Gasteiger partial charge < -0.3 is 0 Å². The SMILES string of the molecule is Cc1ccccc1-c1nsnc1Cl. The van der Waals surface area contributed by atoms with Crippen LogP contribution in [0.2, 0.25) is 5.15 Å². The maximum absolute atomic E-state index is 5.88. The van der Waals surface area contributed by atoms with E-state index in [2.05, 4.69) is 8.75 Å². The Morgan fingerprint density at radius 1 is 1.23 bits per heavy atom. The third-order valence-electron chi connectivity index (χ3n) is 1.85. The fourth-order valence-corrected chi connectivity index (χ4v) is 1.93. The summed E-state index contributed by atoms with van der Waals surface area (Å²) in [7, 11) is 0. The number of aryl methyl sites for hydroxylation is 1. The summed E-state index contributed by atoms with van der Waals surface area (Å²) in [6.07, 6.45) is 0. The standard InChI is InChI=1S/C9H7ClN2S/c1-6-4-2-3-5-7(6)8-9(10)12-13-11-8/h2-5H,1H3. The minimum absolute atomic E-state index is 0.485. The molecule has 0 fully saturated rings. The van der Waals surface area contributed by atoms with Crippen molar-refractivity contribution in [3.05, 3.63) is 35.0 Å². The topological polar surface area (TPSA) is 25.8 Å². The predicted molar refractivity (Wildman–Crippen MR) is 55.1 cm³/mol. The molecule has 1 aromatic carbocycles. The van der Waals surface area contributed by atoms with Crippen LogP contribution in [0, 0.1) is 6.92 Å². The Kier molecular flexibility index (Phi) is 2.29. The zero-order valence-electron chi connectivity index (χ0n) is 6.99. The normalized spacial score (nSPS) is 10.3. The second-order valence-corrected chi connectivity index (χ2v) is 3.61. The van der Waals surface area contributed by atoms with Crippen molar-refractivity contribution < 1.29 is 0 Å². The minimum atomic E-state index is 0.485. The Morgan fingerprint density at radius 3 is 2.62 bits per heavy atom. The Balaban J connectivity index is 2.59. The molecule has 0 saturated heterocycles. The zero-order valence-corrected chi connectivity index (χ0v) is 8.56. The molecule has 0 aliphatic heterocycles. The minimum Gasteiger partial charge on any atom is -0.171 e. The van der Waals surface area contributed by atoms with Crippen molar-refractivity contribution in [1.82, 2.24) is 8.75 Å². The first-order valence-electron chi connectivity index (χ1n) is 3.83. The number of halogens is 1. The first-order chi connectivity index (χ1) is 6.29. The van der Waals surface area contributed by atoms with E-state index in [4.69, 9.17) is 11.6 Å². The average Bonchev–Trinajstić information content (AvgIpc) is 2.52. The van der Waals surface area contributed by atoms with Crippen LogP contribution < -0.4 is 0 Å². The van der Waals surface area contributed by atoms with Gasteiger partial charge in [-0.3, -0.25) is 0 Å². The summed E-state index contributed by atoms with van der Waals surface area (Å²) >= 11 is 7.02. The van der Waals surface area contributed by atoms with E-state index in [-0.39, 0.29) is 0 Å². The van der Waals surface area contributed by atoms with E-state index in [0.29, 0.717) is 5.15 Å². The lowest BCUT2D eigenvalue weighted by atomic mass is 10.1. The van der Waals surface area contributed by atoms with Crippen molar-refractivity contribution in [2.24, 2.45) is 0 Å². The fourth-order valence-electron chi connectivity index (χ4n) is 1.18. The van der Waals surface area contributed by atoms with Crippen molar-refractivity contribution in [3.8, 4) is 11.3 Å². The number of hydrogen-bond acceptors (Lipinski definition) is 3. The molecule has 66 valence electrons. The highest BCUT2D eigenvalue weighted by Gasteiger charge is 2.09. The van der Waals surface area contributed by atoms with Gasteiger partial charge in [-0.15, -0.1) is 0 Å². The molecule has 4 heteroatoms. The fraction of sp³-hybridized carbons (Fsp3) is 0.111. The molecule has 13 heavy (non-hydrogen) atoms. The molecule has 0 amide bonds. The van der Waals surface area contributed by atoms with E-state index < -0.39 is 0 Å². The number of nitrogens with zero attached hydrogens (tertiary/aromatic N) is 2. The Morgan fingerprint density at radius 2 is 2.00 bits per heavy atom. The van der Waals surface area contributed by atoms with E-state index in [1.165, 1.54) is 0 Å². The molecule has 0 spiro atoms. The third kappa shape index (κ3) is 1.57. The van der Waals surface area contributed by atoms with Crippen LogP contribution >= 0.6 is 23.3 Å². The van der Waals surface area contributed by atoms with Crippen molar-refractivity contribution in [3.63, 3.8) is 0 Å². The second-order valence-electron chi connectivity index (χ2n) is 2.72. The smallest absolute Gasteiger partial charge is 0.170 e. The Labute approximate surface area is 85.5 Å². The summed E-state index contributed by atoms with van der Waals surface area (Å²) in [5.41, 5.74) is 3.00. The predicted octanol–water partition coefficient (Wildman–Crippen LogP) is 3.17. The summed E-state index contributed by atoms with van der Waals surface area (Å²) in [5.74, 6) is 0. The molecule has 0 atom stereocenters. The first-order valence-corrected chi connectivity index (χ1v) is 4.94. The largest absolute Gasteiger partial charge is 0.171 e. The highest BCUT2D eigenvalue weighted by Crippen LogP contribution is 2.27. The second kappa shape index (κ2) is 3.44. The van der Waals surface area contributed by atoms with Gasteiger partial charge in [0.15, 0.2) is 5.15 Å². The maximum Gasteiger partial charge on any atom is 0.170 e. The van der Waals surface area contributed by atoms with Gasteiger partial charge in [-0.2, -0.15) is 8.75 Å². The van der Waals surface area contributed by atoms with Crippen molar-refractivity contribution in [2.45, 2.75) is 6.92 Å². The lowest BCUT2D eigenvalue weighted by Gasteiger charge is -2.00. The van der Waals surface area contributed by atoms with Crippen molar-refractivity contribution >= 4 is 23.3 Å². The summed E-state index contributed by atoms with van der Waals surface area (Å²) in [5, 5.41) is 0.485. The van der Waals surface area contributed by atoms with Gasteiger partial charge in [-0.05, 0) is 12.5 Å². The van der Waals surface area contributed by atoms with Gasteiger partial charge in [-0.1, -0.05) is 35.9 Å². The molecule has 0 bridgehead atoms. The van der Waals surface area contributed by atoms with Crippen molar-refractivity contribution in [2.75, 3.05) is 0 Å². The van der Waals surface area contributed by atoms with Crippen LogP contribution in [-0.4, -0.2) is 8.75 Å². The van der Waals surface area contributed by atoms with Crippen LogP contribution in [0.3, 0.4) is 0 Å². The van der Waals surface area contributed by atoms with E-state index in [1.54, 1.807) is 0 Å². The maximum atomic E-state index is 5.88.